The van der Waals surface area contributed by atoms with Crippen molar-refractivity contribution in [3.63, 3.8) is 0 Å². The number of benzene rings is 3. The maximum atomic E-state index is 12.4. The monoisotopic (exact) mass is 495 g/mol. The number of halogens is 2. The molecule has 1 heterocycles. The maximum Gasteiger partial charge on any atom is 0.363 e. The zero-order valence-electron chi connectivity index (χ0n) is 18.6. The van der Waals surface area contributed by atoms with Crippen molar-refractivity contribution in [1.29, 1.82) is 0 Å². The Kier molecular flexibility index (Phi) is 7.88. The zero-order chi connectivity index (χ0) is 23.9. The SMILES string of the molecule is CCCCOc1ccc(C2=N/C(=C/c3cccc(OCc4ccc(Cl)cc4Cl)c3)C(=O)O2)cc1. The van der Waals surface area contributed by atoms with Gasteiger partial charge >= 0.3 is 5.97 Å². The number of rotatable bonds is 9. The molecule has 34 heavy (non-hydrogen) atoms. The summed E-state index contributed by atoms with van der Waals surface area (Å²) in [6, 6.07) is 20.0. The molecule has 0 fully saturated rings. The summed E-state index contributed by atoms with van der Waals surface area (Å²) >= 11 is 12.2. The molecule has 7 heteroatoms. The maximum absolute atomic E-state index is 12.4. The second-order valence-electron chi connectivity index (χ2n) is 7.66. The molecule has 4 rings (SSSR count). The van der Waals surface area contributed by atoms with Gasteiger partial charge in [-0.25, -0.2) is 9.79 Å². The summed E-state index contributed by atoms with van der Waals surface area (Å²) in [5, 5.41) is 1.11. The van der Waals surface area contributed by atoms with Gasteiger partial charge in [0.05, 0.1) is 6.61 Å². The smallest absolute Gasteiger partial charge is 0.363 e. The number of aliphatic imine (C=N–C) groups is 1. The first kappa shape index (κ1) is 23.9. The highest BCUT2D eigenvalue weighted by Crippen LogP contribution is 2.25. The molecule has 1 aliphatic heterocycles. The van der Waals surface area contributed by atoms with Crippen LogP contribution in [0.25, 0.3) is 6.08 Å². The van der Waals surface area contributed by atoms with E-state index in [1.54, 1.807) is 18.2 Å². The molecule has 0 atom stereocenters. The van der Waals surface area contributed by atoms with Crippen LogP contribution in [-0.2, 0) is 16.1 Å². The Hall–Kier alpha value is -3.28. The van der Waals surface area contributed by atoms with Crippen LogP contribution < -0.4 is 9.47 Å². The predicted octanol–water partition coefficient (Wildman–Crippen LogP) is 7.10. The molecule has 0 saturated heterocycles. The van der Waals surface area contributed by atoms with E-state index < -0.39 is 5.97 Å². The molecular weight excluding hydrogens is 473 g/mol. The molecule has 3 aromatic rings. The third-order valence-electron chi connectivity index (χ3n) is 5.06. The summed E-state index contributed by atoms with van der Waals surface area (Å²) in [6.45, 7) is 3.08. The van der Waals surface area contributed by atoms with E-state index in [9.17, 15) is 4.79 Å². The van der Waals surface area contributed by atoms with Crippen LogP contribution in [-0.4, -0.2) is 18.5 Å². The summed E-state index contributed by atoms with van der Waals surface area (Å²) in [5.74, 6) is 1.17. The van der Waals surface area contributed by atoms with Gasteiger partial charge in [0, 0.05) is 21.2 Å². The largest absolute Gasteiger partial charge is 0.494 e. The van der Waals surface area contributed by atoms with Gasteiger partial charge in [-0.1, -0.05) is 54.7 Å². The fourth-order valence-corrected chi connectivity index (χ4v) is 3.68. The van der Waals surface area contributed by atoms with E-state index in [0.29, 0.717) is 34.6 Å². The lowest BCUT2D eigenvalue weighted by Gasteiger charge is -2.08. The fourth-order valence-electron chi connectivity index (χ4n) is 3.21. The first-order valence-electron chi connectivity index (χ1n) is 10.9. The van der Waals surface area contributed by atoms with Gasteiger partial charge in [0.25, 0.3) is 0 Å². The Morgan fingerprint density at radius 3 is 2.56 bits per heavy atom. The normalized spacial score (nSPS) is 14.1. The van der Waals surface area contributed by atoms with Gasteiger partial charge in [0.1, 0.15) is 18.1 Å². The van der Waals surface area contributed by atoms with Crippen LogP contribution in [0.1, 0.15) is 36.5 Å². The lowest BCUT2D eigenvalue weighted by Crippen LogP contribution is -2.05. The van der Waals surface area contributed by atoms with E-state index in [1.165, 1.54) is 0 Å². The number of carbonyl (C=O) groups is 1. The van der Waals surface area contributed by atoms with Crippen LogP contribution in [0.5, 0.6) is 11.5 Å². The van der Waals surface area contributed by atoms with Gasteiger partial charge in [0.2, 0.25) is 5.90 Å². The summed E-state index contributed by atoms with van der Waals surface area (Å²) < 4.78 is 16.9. The van der Waals surface area contributed by atoms with Crippen LogP contribution in [0.4, 0.5) is 0 Å². The van der Waals surface area contributed by atoms with Crippen LogP contribution in [0.15, 0.2) is 77.4 Å². The van der Waals surface area contributed by atoms with Crippen LogP contribution in [0.2, 0.25) is 10.0 Å². The van der Waals surface area contributed by atoms with Gasteiger partial charge in [0.15, 0.2) is 5.70 Å². The highest BCUT2D eigenvalue weighted by atomic mass is 35.5. The van der Waals surface area contributed by atoms with Crippen molar-refractivity contribution in [1.82, 2.24) is 0 Å². The number of cyclic esters (lactones) is 1. The average molecular weight is 496 g/mol. The topological polar surface area (TPSA) is 57.1 Å². The lowest BCUT2D eigenvalue weighted by molar-refractivity contribution is -0.129. The third-order valence-corrected chi connectivity index (χ3v) is 5.65. The molecule has 5 nitrogen and oxygen atoms in total. The summed E-state index contributed by atoms with van der Waals surface area (Å²) in [7, 11) is 0. The van der Waals surface area contributed by atoms with E-state index >= 15 is 0 Å². The Balaban J connectivity index is 1.44. The minimum absolute atomic E-state index is 0.219. The second-order valence-corrected chi connectivity index (χ2v) is 8.50. The van der Waals surface area contributed by atoms with E-state index in [4.69, 9.17) is 37.4 Å². The van der Waals surface area contributed by atoms with Crippen molar-refractivity contribution >= 4 is 41.1 Å². The van der Waals surface area contributed by atoms with E-state index in [0.717, 1.165) is 29.7 Å². The molecule has 0 spiro atoms. The van der Waals surface area contributed by atoms with E-state index in [1.807, 2.05) is 54.6 Å². The van der Waals surface area contributed by atoms with Crippen molar-refractivity contribution in [2.24, 2.45) is 4.99 Å². The number of carbonyl (C=O) groups excluding carboxylic acids is 1. The van der Waals surface area contributed by atoms with Crippen LogP contribution in [0, 0.1) is 0 Å². The van der Waals surface area contributed by atoms with Gasteiger partial charge in [-0.15, -0.1) is 0 Å². The molecule has 0 unspecified atom stereocenters. The molecule has 0 radical (unpaired) electrons. The highest BCUT2D eigenvalue weighted by molar-refractivity contribution is 6.35. The van der Waals surface area contributed by atoms with Crippen molar-refractivity contribution in [3.05, 3.63) is 99.2 Å². The van der Waals surface area contributed by atoms with Crippen LogP contribution >= 0.6 is 23.2 Å². The van der Waals surface area contributed by atoms with Gasteiger partial charge in [-0.2, -0.15) is 0 Å². The Bertz CT molecular complexity index is 1240. The number of unbranched alkanes of at least 4 members (excludes halogenated alkanes) is 1. The first-order valence-corrected chi connectivity index (χ1v) is 11.7. The van der Waals surface area contributed by atoms with Gasteiger partial charge in [-0.3, -0.25) is 0 Å². The molecule has 0 aliphatic carbocycles. The molecule has 0 saturated carbocycles. The lowest BCUT2D eigenvalue weighted by atomic mass is 10.2. The van der Waals surface area contributed by atoms with Gasteiger partial charge < -0.3 is 14.2 Å². The zero-order valence-corrected chi connectivity index (χ0v) is 20.1. The Morgan fingerprint density at radius 2 is 1.79 bits per heavy atom. The second kappa shape index (κ2) is 11.2. The number of hydrogen-bond donors (Lipinski definition) is 0. The van der Waals surface area contributed by atoms with Gasteiger partial charge in [-0.05, 0) is 66.6 Å². The average Bonchev–Trinajstić information content (AvgIpc) is 3.19. The number of hydrogen-bond acceptors (Lipinski definition) is 5. The van der Waals surface area contributed by atoms with E-state index in [-0.39, 0.29) is 11.6 Å². The quantitative estimate of drug-likeness (QED) is 0.180. The number of nitrogens with zero attached hydrogens (tertiary/aromatic N) is 1. The minimum atomic E-state index is -0.502. The first-order chi connectivity index (χ1) is 16.5. The predicted molar refractivity (Wildman–Crippen MR) is 135 cm³/mol. The highest BCUT2D eigenvalue weighted by Gasteiger charge is 2.24. The summed E-state index contributed by atoms with van der Waals surface area (Å²) in [6.07, 6.45) is 3.74. The summed E-state index contributed by atoms with van der Waals surface area (Å²) in [4.78, 5) is 16.8. The van der Waals surface area contributed by atoms with Crippen molar-refractivity contribution in [2.45, 2.75) is 26.4 Å². The molecule has 0 aromatic heterocycles. The molecule has 174 valence electrons. The molecule has 0 amide bonds. The molecule has 1 aliphatic rings. The Labute approximate surface area is 208 Å². The molecule has 0 N–H and O–H groups in total. The standard InChI is InChI=1S/C27H23Cl2NO4/c1-2-3-13-32-22-11-8-19(9-12-22)26-30-25(27(31)34-26)15-18-5-4-6-23(14-18)33-17-20-7-10-21(28)16-24(20)29/h4-12,14-16H,2-3,13,17H2,1H3/b25-15+. The molecular formula is C27H23Cl2NO4. The van der Waals surface area contributed by atoms with Crippen molar-refractivity contribution < 1.29 is 19.0 Å². The molecule has 3 aromatic carbocycles. The number of ether oxygens (including phenoxy) is 3. The van der Waals surface area contributed by atoms with E-state index in [2.05, 4.69) is 11.9 Å². The van der Waals surface area contributed by atoms with Crippen LogP contribution in [0.3, 0.4) is 0 Å². The van der Waals surface area contributed by atoms with Crippen molar-refractivity contribution in [2.75, 3.05) is 6.61 Å². The third kappa shape index (κ3) is 6.19. The fraction of sp³-hybridized carbons (Fsp3) is 0.185. The molecule has 0 bridgehead atoms. The summed E-state index contributed by atoms with van der Waals surface area (Å²) in [5.41, 5.74) is 2.51. The Morgan fingerprint density at radius 1 is 0.971 bits per heavy atom. The number of esters is 1. The minimum Gasteiger partial charge on any atom is -0.494 e. The van der Waals surface area contributed by atoms with Crippen molar-refractivity contribution in [3.8, 4) is 11.5 Å².